The second-order valence-corrected chi connectivity index (χ2v) is 10.2. The van der Waals surface area contributed by atoms with Crippen molar-refractivity contribution in [3.8, 4) is 28.3 Å². The highest BCUT2D eigenvalue weighted by molar-refractivity contribution is 5.66. The summed E-state index contributed by atoms with van der Waals surface area (Å²) in [5.41, 5.74) is 3.92. The lowest BCUT2D eigenvalue weighted by Gasteiger charge is -2.33. The smallest absolute Gasteiger partial charge is 0.463 e. The number of ether oxygens (including phenoxy) is 1. The third-order valence-corrected chi connectivity index (χ3v) is 6.19. The van der Waals surface area contributed by atoms with Crippen LogP contribution in [-0.2, 0) is 16.1 Å². The van der Waals surface area contributed by atoms with E-state index in [-0.39, 0.29) is 5.82 Å². The molecule has 38 heavy (non-hydrogen) atoms. The summed E-state index contributed by atoms with van der Waals surface area (Å²) in [6, 6.07) is 18.2. The topological polar surface area (TPSA) is 73.0 Å². The molecule has 4 aromatic rings. The van der Waals surface area contributed by atoms with Crippen LogP contribution in [0.2, 0.25) is 0 Å². The number of nitrogens with zero attached hydrogens (tertiary/aromatic N) is 4. The molecule has 0 atom stereocenters. The number of piperazine rings is 1. The maximum Gasteiger partial charge on any atom is 0.528 e. The molecule has 9 heteroatoms. The molecule has 3 heterocycles. The van der Waals surface area contributed by atoms with E-state index in [0.29, 0.717) is 32.7 Å². The standard InChI is InChI=1S/C29H31FN4O4/c1-29(2,3)37-28(35)38-33-15-13-32(14-16-33)20-23-19-31-34(27(23)26-8-5-17-36-26)25-11-9-21(10-12-25)22-6-4-7-24(30)18-22/h4-12,17-19H,13-16,20H2,1-3H3. The summed E-state index contributed by atoms with van der Waals surface area (Å²) in [6.45, 7) is 8.67. The second kappa shape index (κ2) is 10.8. The molecule has 1 saturated heterocycles. The Labute approximate surface area is 221 Å². The summed E-state index contributed by atoms with van der Waals surface area (Å²) in [5.74, 6) is 0.458. The summed E-state index contributed by atoms with van der Waals surface area (Å²) in [6.07, 6.45) is 2.83. The first-order valence-corrected chi connectivity index (χ1v) is 12.6. The van der Waals surface area contributed by atoms with Gasteiger partial charge < -0.3 is 14.0 Å². The maximum atomic E-state index is 13.7. The molecule has 0 radical (unpaired) electrons. The van der Waals surface area contributed by atoms with Crippen LogP contribution in [0.4, 0.5) is 9.18 Å². The third kappa shape index (κ3) is 6.12. The molecule has 1 aliphatic rings. The summed E-state index contributed by atoms with van der Waals surface area (Å²) in [7, 11) is 0. The van der Waals surface area contributed by atoms with E-state index in [1.807, 2.05) is 74.1 Å². The van der Waals surface area contributed by atoms with E-state index in [9.17, 15) is 9.18 Å². The highest BCUT2D eigenvalue weighted by Crippen LogP contribution is 2.30. The van der Waals surface area contributed by atoms with E-state index in [1.165, 1.54) is 12.1 Å². The number of halogens is 1. The zero-order chi connectivity index (χ0) is 26.7. The van der Waals surface area contributed by atoms with Gasteiger partial charge in [0, 0.05) is 38.3 Å². The average molecular weight is 519 g/mol. The van der Waals surface area contributed by atoms with Gasteiger partial charge in [0.2, 0.25) is 0 Å². The van der Waals surface area contributed by atoms with Crippen molar-refractivity contribution in [1.82, 2.24) is 19.7 Å². The predicted molar refractivity (Wildman–Crippen MR) is 141 cm³/mol. The quantitative estimate of drug-likeness (QED) is 0.293. The number of carbonyl (C=O) groups excluding carboxylic acids is 1. The van der Waals surface area contributed by atoms with Crippen LogP contribution in [0.25, 0.3) is 28.3 Å². The van der Waals surface area contributed by atoms with Crippen LogP contribution in [0, 0.1) is 5.82 Å². The van der Waals surface area contributed by atoms with E-state index in [4.69, 9.17) is 14.0 Å². The third-order valence-electron chi connectivity index (χ3n) is 6.19. The van der Waals surface area contributed by atoms with Crippen LogP contribution in [0.1, 0.15) is 26.3 Å². The molecule has 0 N–H and O–H groups in total. The molecule has 1 aliphatic heterocycles. The van der Waals surface area contributed by atoms with E-state index in [0.717, 1.165) is 33.8 Å². The maximum absolute atomic E-state index is 13.7. The molecule has 1 fully saturated rings. The molecular weight excluding hydrogens is 487 g/mol. The Balaban J connectivity index is 1.30. The molecule has 0 spiro atoms. The Morgan fingerprint density at radius 2 is 1.76 bits per heavy atom. The first-order chi connectivity index (χ1) is 18.2. The van der Waals surface area contributed by atoms with Crippen molar-refractivity contribution in [3.05, 3.63) is 84.5 Å². The molecule has 2 aromatic carbocycles. The van der Waals surface area contributed by atoms with E-state index in [2.05, 4.69) is 10.00 Å². The van der Waals surface area contributed by atoms with Gasteiger partial charge >= 0.3 is 6.16 Å². The lowest BCUT2D eigenvalue weighted by Crippen LogP contribution is -2.47. The van der Waals surface area contributed by atoms with Crippen LogP contribution in [0.15, 0.2) is 77.5 Å². The number of hydrogen-bond acceptors (Lipinski definition) is 7. The lowest BCUT2D eigenvalue weighted by molar-refractivity contribution is -0.158. The van der Waals surface area contributed by atoms with Gasteiger partial charge in [-0.25, -0.2) is 13.9 Å². The minimum Gasteiger partial charge on any atom is -0.463 e. The molecule has 0 saturated carbocycles. The monoisotopic (exact) mass is 518 g/mol. The lowest BCUT2D eigenvalue weighted by atomic mass is 10.1. The summed E-state index contributed by atoms with van der Waals surface area (Å²) >= 11 is 0. The Bertz CT molecular complexity index is 1370. The normalized spacial score (nSPS) is 14.9. The molecule has 2 aromatic heterocycles. The predicted octanol–water partition coefficient (Wildman–Crippen LogP) is 5.92. The fourth-order valence-electron chi connectivity index (χ4n) is 4.43. The van der Waals surface area contributed by atoms with Crippen molar-refractivity contribution in [1.29, 1.82) is 0 Å². The summed E-state index contributed by atoms with van der Waals surface area (Å²) < 4.78 is 26.6. The minimum atomic E-state index is -0.684. The molecule has 0 unspecified atom stereocenters. The fourth-order valence-corrected chi connectivity index (χ4v) is 4.43. The van der Waals surface area contributed by atoms with Crippen LogP contribution in [0.5, 0.6) is 0 Å². The van der Waals surface area contributed by atoms with Crippen LogP contribution >= 0.6 is 0 Å². The Kier molecular flexibility index (Phi) is 7.31. The summed E-state index contributed by atoms with van der Waals surface area (Å²) in [5, 5.41) is 6.33. The molecular formula is C29H31FN4O4. The van der Waals surface area contributed by atoms with Gasteiger partial charge in [0.05, 0.1) is 18.1 Å². The zero-order valence-electron chi connectivity index (χ0n) is 21.8. The van der Waals surface area contributed by atoms with Crippen molar-refractivity contribution >= 4 is 6.16 Å². The number of rotatable bonds is 6. The van der Waals surface area contributed by atoms with Crippen LogP contribution in [-0.4, -0.2) is 57.7 Å². The van der Waals surface area contributed by atoms with Gasteiger partial charge in [-0.2, -0.15) is 5.10 Å². The van der Waals surface area contributed by atoms with Gasteiger partial charge in [-0.15, -0.1) is 5.06 Å². The highest BCUT2D eigenvalue weighted by atomic mass is 19.1. The average Bonchev–Trinajstić information content (AvgIpc) is 3.54. The molecule has 0 bridgehead atoms. The number of benzene rings is 2. The van der Waals surface area contributed by atoms with Crippen LogP contribution < -0.4 is 0 Å². The first-order valence-electron chi connectivity index (χ1n) is 12.6. The SMILES string of the molecule is CC(C)(C)OC(=O)ON1CCN(Cc2cnn(-c3ccc(-c4cccc(F)c4)cc3)c2-c2ccco2)CC1. The van der Waals surface area contributed by atoms with Gasteiger partial charge in [0.25, 0.3) is 0 Å². The summed E-state index contributed by atoms with van der Waals surface area (Å²) in [4.78, 5) is 19.6. The van der Waals surface area contributed by atoms with Crippen molar-refractivity contribution in [2.75, 3.05) is 26.2 Å². The number of aromatic nitrogens is 2. The Morgan fingerprint density at radius 3 is 2.42 bits per heavy atom. The van der Waals surface area contributed by atoms with E-state index in [1.54, 1.807) is 17.4 Å². The largest absolute Gasteiger partial charge is 0.528 e. The van der Waals surface area contributed by atoms with Gasteiger partial charge in [0.1, 0.15) is 17.1 Å². The number of carbonyl (C=O) groups is 1. The van der Waals surface area contributed by atoms with Crippen molar-refractivity contribution < 1.29 is 23.2 Å². The number of furan rings is 1. The molecule has 0 amide bonds. The van der Waals surface area contributed by atoms with Crippen molar-refractivity contribution in [3.63, 3.8) is 0 Å². The van der Waals surface area contributed by atoms with E-state index >= 15 is 0 Å². The van der Waals surface area contributed by atoms with Gasteiger partial charge in [0.15, 0.2) is 5.76 Å². The van der Waals surface area contributed by atoms with Crippen LogP contribution in [0.3, 0.4) is 0 Å². The molecule has 0 aliphatic carbocycles. The molecule has 8 nitrogen and oxygen atoms in total. The Morgan fingerprint density at radius 1 is 1.00 bits per heavy atom. The van der Waals surface area contributed by atoms with Gasteiger partial charge in [-0.1, -0.05) is 24.3 Å². The van der Waals surface area contributed by atoms with Crippen molar-refractivity contribution in [2.45, 2.75) is 32.9 Å². The highest BCUT2D eigenvalue weighted by Gasteiger charge is 2.26. The zero-order valence-corrected chi connectivity index (χ0v) is 21.8. The second-order valence-electron chi connectivity index (χ2n) is 10.2. The van der Waals surface area contributed by atoms with Crippen molar-refractivity contribution in [2.24, 2.45) is 0 Å². The molecule has 5 rings (SSSR count). The first kappa shape index (κ1) is 25.7. The molecule has 198 valence electrons. The van der Waals surface area contributed by atoms with E-state index < -0.39 is 11.8 Å². The fraction of sp³-hybridized carbons (Fsp3) is 0.310. The van der Waals surface area contributed by atoms with Gasteiger partial charge in [-0.05, 0) is 68.3 Å². The Hall–Kier alpha value is -3.95. The minimum absolute atomic E-state index is 0.263. The number of hydrogen-bond donors (Lipinski definition) is 0. The van der Waals surface area contributed by atoms with Gasteiger partial charge in [-0.3, -0.25) is 4.90 Å². The number of hydroxylamine groups is 2.